The van der Waals surface area contributed by atoms with E-state index in [-0.39, 0.29) is 0 Å². The topological polar surface area (TPSA) is 75.3 Å². The first-order valence-electron chi connectivity index (χ1n) is 5.42. The van der Waals surface area contributed by atoms with Gasteiger partial charge in [-0.15, -0.1) is 0 Å². The third kappa shape index (κ3) is 4.49. The fraction of sp³-hybridized carbons (Fsp3) is 0.900. The van der Waals surface area contributed by atoms with Gasteiger partial charge in [0.1, 0.15) is 4.75 Å². The SMILES string of the molecule is CCNCCCNC(=O)C(C)(C)S(C)(=O)=O. The van der Waals surface area contributed by atoms with E-state index in [0.29, 0.717) is 6.54 Å². The van der Waals surface area contributed by atoms with Crippen LogP contribution in [0.25, 0.3) is 0 Å². The Balaban J connectivity index is 4.08. The Morgan fingerprint density at radius 2 is 1.81 bits per heavy atom. The standard InChI is InChI=1S/C10H22N2O3S/c1-5-11-7-6-8-12-9(13)10(2,3)16(4,14)15/h11H,5-8H2,1-4H3,(H,12,13). The molecule has 0 rings (SSSR count). The second-order valence-electron chi connectivity index (χ2n) is 4.25. The minimum Gasteiger partial charge on any atom is -0.355 e. The number of carbonyl (C=O) groups excluding carboxylic acids is 1. The Morgan fingerprint density at radius 3 is 2.25 bits per heavy atom. The highest BCUT2D eigenvalue weighted by molar-refractivity contribution is 7.92. The van der Waals surface area contributed by atoms with E-state index in [4.69, 9.17) is 0 Å². The average molecular weight is 250 g/mol. The number of rotatable bonds is 7. The van der Waals surface area contributed by atoms with Crippen LogP contribution < -0.4 is 10.6 Å². The summed E-state index contributed by atoms with van der Waals surface area (Å²) in [6, 6.07) is 0. The molecule has 0 aromatic heterocycles. The first-order valence-corrected chi connectivity index (χ1v) is 7.31. The number of carbonyl (C=O) groups is 1. The number of hydrogen-bond acceptors (Lipinski definition) is 4. The predicted octanol–water partition coefficient (Wildman–Crippen LogP) is -0.0746. The molecule has 0 heterocycles. The largest absolute Gasteiger partial charge is 0.355 e. The molecule has 0 bridgehead atoms. The molecule has 96 valence electrons. The van der Waals surface area contributed by atoms with Crippen molar-refractivity contribution in [3.8, 4) is 0 Å². The molecule has 16 heavy (non-hydrogen) atoms. The van der Waals surface area contributed by atoms with Crippen LogP contribution in [0.4, 0.5) is 0 Å². The fourth-order valence-corrected chi connectivity index (χ4v) is 1.38. The Kier molecular flexibility index (Phi) is 5.96. The van der Waals surface area contributed by atoms with E-state index < -0.39 is 20.5 Å². The van der Waals surface area contributed by atoms with E-state index in [1.807, 2.05) is 6.92 Å². The zero-order valence-corrected chi connectivity index (χ0v) is 11.3. The van der Waals surface area contributed by atoms with Gasteiger partial charge in [-0.2, -0.15) is 0 Å². The van der Waals surface area contributed by atoms with Crippen LogP contribution >= 0.6 is 0 Å². The Hall–Kier alpha value is -0.620. The van der Waals surface area contributed by atoms with Crippen molar-refractivity contribution >= 4 is 15.7 Å². The number of amides is 1. The highest BCUT2D eigenvalue weighted by Gasteiger charge is 2.37. The van der Waals surface area contributed by atoms with Crippen LogP contribution in [-0.4, -0.2) is 45.0 Å². The molecule has 0 atom stereocenters. The van der Waals surface area contributed by atoms with E-state index in [1.165, 1.54) is 13.8 Å². The van der Waals surface area contributed by atoms with Crippen LogP contribution in [0.2, 0.25) is 0 Å². The monoisotopic (exact) mass is 250 g/mol. The van der Waals surface area contributed by atoms with Crippen molar-refractivity contribution in [2.24, 2.45) is 0 Å². The van der Waals surface area contributed by atoms with Gasteiger partial charge in [0.2, 0.25) is 5.91 Å². The maximum absolute atomic E-state index is 11.6. The molecule has 0 saturated heterocycles. The molecule has 0 saturated carbocycles. The molecule has 5 nitrogen and oxygen atoms in total. The van der Waals surface area contributed by atoms with Crippen molar-refractivity contribution in [1.29, 1.82) is 0 Å². The van der Waals surface area contributed by atoms with Gasteiger partial charge in [0.15, 0.2) is 9.84 Å². The Labute approximate surface area is 97.9 Å². The van der Waals surface area contributed by atoms with E-state index >= 15 is 0 Å². The van der Waals surface area contributed by atoms with E-state index in [2.05, 4.69) is 10.6 Å². The van der Waals surface area contributed by atoms with Crippen molar-refractivity contribution in [3.63, 3.8) is 0 Å². The van der Waals surface area contributed by atoms with Crippen LogP contribution in [0.5, 0.6) is 0 Å². The molecule has 2 N–H and O–H groups in total. The van der Waals surface area contributed by atoms with E-state index in [9.17, 15) is 13.2 Å². The Bertz CT molecular complexity index is 323. The lowest BCUT2D eigenvalue weighted by Gasteiger charge is -2.21. The van der Waals surface area contributed by atoms with Gasteiger partial charge in [0.05, 0.1) is 0 Å². The minimum atomic E-state index is -3.38. The molecule has 0 spiro atoms. The van der Waals surface area contributed by atoms with E-state index in [0.717, 1.165) is 25.8 Å². The summed E-state index contributed by atoms with van der Waals surface area (Å²) >= 11 is 0. The van der Waals surface area contributed by atoms with Crippen molar-refractivity contribution in [2.75, 3.05) is 25.9 Å². The zero-order chi connectivity index (χ0) is 12.8. The average Bonchev–Trinajstić information content (AvgIpc) is 2.15. The third-order valence-electron chi connectivity index (χ3n) is 2.54. The molecule has 0 aromatic carbocycles. The summed E-state index contributed by atoms with van der Waals surface area (Å²) in [6.45, 7) is 7.04. The summed E-state index contributed by atoms with van der Waals surface area (Å²) in [6.07, 6.45) is 1.87. The molecule has 6 heteroatoms. The predicted molar refractivity (Wildman–Crippen MR) is 65.1 cm³/mol. The fourth-order valence-electron chi connectivity index (χ4n) is 0.973. The van der Waals surface area contributed by atoms with Crippen LogP contribution in [-0.2, 0) is 14.6 Å². The summed E-state index contributed by atoms with van der Waals surface area (Å²) in [5, 5.41) is 5.75. The Morgan fingerprint density at radius 1 is 1.25 bits per heavy atom. The molecular weight excluding hydrogens is 228 g/mol. The summed E-state index contributed by atoms with van der Waals surface area (Å²) in [7, 11) is -3.38. The highest BCUT2D eigenvalue weighted by atomic mass is 32.2. The van der Waals surface area contributed by atoms with Gasteiger partial charge in [-0.1, -0.05) is 6.92 Å². The van der Waals surface area contributed by atoms with Crippen molar-refractivity contribution in [2.45, 2.75) is 31.9 Å². The highest BCUT2D eigenvalue weighted by Crippen LogP contribution is 2.14. The lowest BCUT2D eigenvalue weighted by molar-refractivity contribution is -0.122. The van der Waals surface area contributed by atoms with Gasteiger partial charge in [0.25, 0.3) is 0 Å². The van der Waals surface area contributed by atoms with Gasteiger partial charge in [0, 0.05) is 12.8 Å². The summed E-state index contributed by atoms with van der Waals surface area (Å²) < 4.78 is 21.4. The second-order valence-corrected chi connectivity index (χ2v) is 6.81. The van der Waals surface area contributed by atoms with Gasteiger partial charge in [-0.3, -0.25) is 4.79 Å². The minimum absolute atomic E-state index is 0.438. The summed E-state index contributed by atoms with van der Waals surface area (Å²) in [4.78, 5) is 11.6. The molecule has 1 amide bonds. The van der Waals surface area contributed by atoms with Gasteiger partial charge < -0.3 is 10.6 Å². The lowest BCUT2D eigenvalue weighted by Crippen LogP contribution is -2.48. The molecule has 0 aromatic rings. The van der Waals surface area contributed by atoms with Crippen molar-refractivity contribution in [3.05, 3.63) is 0 Å². The molecule has 0 aliphatic heterocycles. The zero-order valence-electron chi connectivity index (χ0n) is 10.5. The molecule has 0 aliphatic carbocycles. The third-order valence-corrected chi connectivity index (χ3v) is 4.58. The normalized spacial score (nSPS) is 12.5. The van der Waals surface area contributed by atoms with Crippen LogP contribution in [0.1, 0.15) is 27.2 Å². The van der Waals surface area contributed by atoms with E-state index in [1.54, 1.807) is 0 Å². The molecular formula is C10H22N2O3S. The lowest BCUT2D eigenvalue weighted by atomic mass is 10.2. The van der Waals surface area contributed by atoms with Crippen molar-refractivity contribution < 1.29 is 13.2 Å². The van der Waals surface area contributed by atoms with Crippen LogP contribution in [0.3, 0.4) is 0 Å². The number of hydrogen-bond donors (Lipinski definition) is 2. The molecule has 0 radical (unpaired) electrons. The number of sulfone groups is 1. The number of nitrogens with one attached hydrogen (secondary N) is 2. The summed E-state index contributed by atoms with van der Waals surface area (Å²) in [5.41, 5.74) is 0. The van der Waals surface area contributed by atoms with Crippen LogP contribution in [0, 0.1) is 0 Å². The van der Waals surface area contributed by atoms with Gasteiger partial charge in [-0.25, -0.2) is 8.42 Å². The van der Waals surface area contributed by atoms with Gasteiger partial charge in [-0.05, 0) is 33.4 Å². The molecule has 0 unspecified atom stereocenters. The first kappa shape index (κ1) is 15.4. The second kappa shape index (κ2) is 6.20. The molecule has 0 fully saturated rings. The maximum Gasteiger partial charge on any atom is 0.240 e. The maximum atomic E-state index is 11.6. The van der Waals surface area contributed by atoms with Crippen molar-refractivity contribution in [1.82, 2.24) is 10.6 Å². The summed E-state index contributed by atoms with van der Waals surface area (Å²) in [5.74, 6) is -0.438. The van der Waals surface area contributed by atoms with Gasteiger partial charge >= 0.3 is 0 Å². The smallest absolute Gasteiger partial charge is 0.240 e. The quantitative estimate of drug-likeness (QED) is 0.620. The molecule has 0 aliphatic rings. The first-order chi connectivity index (χ1) is 7.23. The van der Waals surface area contributed by atoms with Crippen LogP contribution in [0.15, 0.2) is 0 Å².